The van der Waals surface area contributed by atoms with E-state index >= 15 is 0 Å². The Kier molecular flexibility index (Phi) is 4.28. The van der Waals surface area contributed by atoms with E-state index in [1.165, 1.54) is 12.1 Å². The molecule has 0 bridgehead atoms. The number of nitrogens with zero attached hydrogens (tertiary/aromatic N) is 5. The summed E-state index contributed by atoms with van der Waals surface area (Å²) in [5.74, 6) is 1.20. The van der Waals surface area contributed by atoms with E-state index in [0.29, 0.717) is 18.1 Å². The maximum atomic E-state index is 13.1. The minimum atomic E-state index is -0.280. The molecule has 0 spiro atoms. The summed E-state index contributed by atoms with van der Waals surface area (Å²) >= 11 is 0. The summed E-state index contributed by atoms with van der Waals surface area (Å²) in [7, 11) is 1.61. The van der Waals surface area contributed by atoms with Crippen LogP contribution in [0.5, 0.6) is 5.75 Å². The van der Waals surface area contributed by atoms with Gasteiger partial charge in [-0.3, -0.25) is 0 Å². The van der Waals surface area contributed by atoms with Gasteiger partial charge in [0.15, 0.2) is 5.69 Å². The van der Waals surface area contributed by atoms with Crippen LogP contribution in [0.2, 0.25) is 0 Å². The van der Waals surface area contributed by atoms with Crippen LogP contribution in [-0.4, -0.2) is 32.2 Å². The molecule has 1 unspecified atom stereocenters. The molecular weight excluding hydrogens is 377 g/mol. The summed E-state index contributed by atoms with van der Waals surface area (Å²) in [5.41, 5.74) is 2.94. The van der Waals surface area contributed by atoms with E-state index in [1.54, 1.807) is 23.9 Å². The van der Waals surface area contributed by atoms with Gasteiger partial charge in [-0.2, -0.15) is 4.98 Å². The predicted molar refractivity (Wildman–Crippen MR) is 99.2 cm³/mol. The van der Waals surface area contributed by atoms with Crippen molar-refractivity contribution in [1.29, 1.82) is 0 Å². The van der Waals surface area contributed by atoms with Gasteiger partial charge in [0.05, 0.1) is 26.0 Å². The van der Waals surface area contributed by atoms with Crippen molar-refractivity contribution in [3.05, 3.63) is 65.6 Å². The summed E-state index contributed by atoms with van der Waals surface area (Å²) in [6, 6.07) is 13.6. The number of ether oxygens (including phenoxy) is 2. The lowest BCUT2D eigenvalue weighted by Crippen LogP contribution is -2.22. The van der Waals surface area contributed by atoms with Gasteiger partial charge in [0.25, 0.3) is 5.89 Å². The molecule has 2 aromatic heterocycles. The highest BCUT2D eigenvalue weighted by atomic mass is 19.1. The van der Waals surface area contributed by atoms with Crippen LogP contribution in [0.25, 0.3) is 23.0 Å². The van der Waals surface area contributed by atoms with Crippen molar-refractivity contribution >= 4 is 0 Å². The molecule has 146 valence electrons. The molecule has 5 rings (SSSR count). The third-order valence-corrected chi connectivity index (χ3v) is 4.82. The van der Waals surface area contributed by atoms with Crippen LogP contribution in [0, 0.1) is 5.82 Å². The average molecular weight is 393 g/mol. The van der Waals surface area contributed by atoms with E-state index in [0.717, 1.165) is 22.6 Å². The van der Waals surface area contributed by atoms with Gasteiger partial charge in [-0.1, -0.05) is 22.5 Å². The van der Waals surface area contributed by atoms with Crippen molar-refractivity contribution < 1.29 is 18.4 Å². The molecule has 29 heavy (non-hydrogen) atoms. The third kappa shape index (κ3) is 3.25. The number of halogens is 1. The van der Waals surface area contributed by atoms with Gasteiger partial charge < -0.3 is 14.0 Å². The summed E-state index contributed by atoms with van der Waals surface area (Å²) in [4.78, 5) is 4.44. The molecule has 3 heterocycles. The van der Waals surface area contributed by atoms with Gasteiger partial charge in [-0.05, 0) is 42.0 Å². The van der Waals surface area contributed by atoms with E-state index in [-0.39, 0.29) is 24.4 Å². The Morgan fingerprint density at radius 1 is 1.10 bits per heavy atom. The molecule has 1 aliphatic rings. The summed E-state index contributed by atoms with van der Waals surface area (Å²) in [6.45, 7) is 0.748. The number of rotatable bonds is 4. The van der Waals surface area contributed by atoms with E-state index < -0.39 is 0 Å². The van der Waals surface area contributed by atoms with Crippen LogP contribution in [0.3, 0.4) is 0 Å². The van der Waals surface area contributed by atoms with Crippen LogP contribution in [0.15, 0.2) is 53.1 Å². The number of aromatic nitrogens is 5. The molecule has 2 aromatic carbocycles. The maximum absolute atomic E-state index is 13.1. The van der Waals surface area contributed by atoms with Crippen LogP contribution in [-0.2, 0) is 17.9 Å². The second-order valence-electron chi connectivity index (χ2n) is 6.57. The topological polar surface area (TPSA) is 88.1 Å². The fourth-order valence-electron chi connectivity index (χ4n) is 3.23. The Morgan fingerprint density at radius 2 is 1.90 bits per heavy atom. The number of hydrogen-bond acceptors (Lipinski definition) is 7. The first-order chi connectivity index (χ1) is 14.2. The second kappa shape index (κ2) is 7.10. The summed E-state index contributed by atoms with van der Waals surface area (Å²) < 4.78 is 31.4. The third-order valence-electron chi connectivity index (χ3n) is 4.82. The average Bonchev–Trinajstić information content (AvgIpc) is 3.41. The van der Waals surface area contributed by atoms with E-state index in [9.17, 15) is 4.39 Å². The number of hydrogen-bond donors (Lipinski definition) is 0. The molecule has 0 aliphatic carbocycles. The Balaban J connectivity index is 1.39. The van der Waals surface area contributed by atoms with Crippen molar-refractivity contribution in [1.82, 2.24) is 25.1 Å². The number of benzene rings is 2. The van der Waals surface area contributed by atoms with E-state index in [4.69, 9.17) is 14.0 Å². The zero-order valence-electron chi connectivity index (χ0n) is 15.4. The molecule has 0 amide bonds. The lowest BCUT2D eigenvalue weighted by atomic mass is 10.1. The normalized spacial score (nSPS) is 15.9. The Morgan fingerprint density at radius 3 is 2.66 bits per heavy atom. The Labute approximate surface area is 164 Å². The zero-order valence-corrected chi connectivity index (χ0v) is 15.4. The van der Waals surface area contributed by atoms with Crippen LogP contribution in [0.4, 0.5) is 4.39 Å². The molecule has 1 atom stereocenters. The fourth-order valence-corrected chi connectivity index (χ4v) is 3.23. The molecule has 0 fully saturated rings. The number of methoxy groups -OCH3 is 1. The van der Waals surface area contributed by atoms with Crippen molar-refractivity contribution in [3.63, 3.8) is 0 Å². The summed E-state index contributed by atoms with van der Waals surface area (Å²) in [6.07, 6.45) is -0.227. The predicted octanol–water partition coefficient (Wildman–Crippen LogP) is 3.41. The van der Waals surface area contributed by atoms with Crippen molar-refractivity contribution in [3.8, 4) is 28.7 Å². The molecule has 0 saturated carbocycles. The van der Waals surface area contributed by atoms with Gasteiger partial charge in [-0.15, -0.1) is 5.10 Å². The quantitative estimate of drug-likeness (QED) is 0.525. The maximum Gasteiger partial charge on any atom is 0.280 e. The first-order valence-electron chi connectivity index (χ1n) is 8.99. The van der Waals surface area contributed by atoms with Crippen molar-refractivity contribution in [2.45, 2.75) is 19.3 Å². The standard InChI is InChI=1S/C20H16FN5O3/c1-27-15-8-4-13(5-9-15)19-22-20(29-24-19)18-16-11-28-17(10-26(16)25-23-18)12-2-6-14(21)7-3-12/h2-9,17H,10-11H2,1H3. The lowest BCUT2D eigenvalue weighted by molar-refractivity contribution is -0.00120. The largest absolute Gasteiger partial charge is 0.497 e. The van der Waals surface area contributed by atoms with E-state index in [2.05, 4.69) is 20.5 Å². The minimum absolute atomic E-state index is 0.227. The molecule has 9 heteroatoms. The van der Waals surface area contributed by atoms with Crippen molar-refractivity contribution in [2.24, 2.45) is 0 Å². The molecule has 0 radical (unpaired) electrons. The molecule has 0 saturated heterocycles. The molecular formula is C20H16FN5O3. The highest BCUT2D eigenvalue weighted by Gasteiger charge is 2.28. The highest BCUT2D eigenvalue weighted by molar-refractivity contribution is 5.59. The van der Waals surface area contributed by atoms with Gasteiger partial charge in [0.1, 0.15) is 17.7 Å². The van der Waals surface area contributed by atoms with Crippen molar-refractivity contribution in [2.75, 3.05) is 7.11 Å². The van der Waals surface area contributed by atoms with Crippen LogP contribution in [0.1, 0.15) is 17.4 Å². The van der Waals surface area contributed by atoms with Gasteiger partial charge in [-0.25, -0.2) is 9.07 Å². The molecule has 0 N–H and O–H groups in total. The minimum Gasteiger partial charge on any atom is -0.497 e. The monoisotopic (exact) mass is 393 g/mol. The molecule has 4 aromatic rings. The van der Waals surface area contributed by atoms with E-state index in [1.807, 2.05) is 24.3 Å². The SMILES string of the molecule is COc1ccc(-c2noc(-c3nnn4c3COC(c3ccc(F)cc3)C4)n2)cc1. The lowest BCUT2D eigenvalue weighted by Gasteiger charge is -2.24. The number of fused-ring (bicyclic) bond motifs is 1. The highest BCUT2D eigenvalue weighted by Crippen LogP contribution is 2.31. The Bertz CT molecular complexity index is 1140. The van der Waals surface area contributed by atoms with Crippen LogP contribution >= 0.6 is 0 Å². The summed E-state index contributed by atoms with van der Waals surface area (Å²) in [5, 5.41) is 12.4. The first-order valence-corrected chi connectivity index (χ1v) is 8.99. The smallest absolute Gasteiger partial charge is 0.280 e. The van der Waals surface area contributed by atoms with Crippen LogP contribution < -0.4 is 4.74 Å². The fraction of sp³-hybridized carbons (Fsp3) is 0.200. The Hall–Kier alpha value is -3.59. The second-order valence-corrected chi connectivity index (χ2v) is 6.57. The van der Waals surface area contributed by atoms with Gasteiger partial charge in [0, 0.05) is 5.56 Å². The molecule has 8 nitrogen and oxygen atoms in total. The first kappa shape index (κ1) is 17.5. The zero-order chi connectivity index (χ0) is 19.8. The van der Waals surface area contributed by atoms with Gasteiger partial charge in [0.2, 0.25) is 5.82 Å². The molecule has 1 aliphatic heterocycles. The van der Waals surface area contributed by atoms with Gasteiger partial charge >= 0.3 is 0 Å².